The van der Waals surface area contributed by atoms with Crippen LogP contribution in [0.4, 0.5) is 4.79 Å². The van der Waals surface area contributed by atoms with Crippen LogP contribution in [-0.2, 0) is 14.3 Å². The third-order valence-electron chi connectivity index (χ3n) is 7.25. The Labute approximate surface area is 239 Å². The van der Waals surface area contributed by atoms with Gasteiger partial charge in [0.2, 0.25) is 11.8 Å². The van der Waals surface area contributed by atoms with Crippen molar-refractivity contribution in [1.29, 1.82) is 0 Å². The topological polar surface area (TPSA) is 151 Å². The van der Waals surface area contributed by atoms with Gasteiger partial charge in [-0.2, -0.15) is 4.98 Å². The summed E-state index contributed by atoms with van der Waals surface area (Å²) in [5.74, 6) is -1.56. The lowest BCUT2D eigenvalue weighted by molar-refractivity contribution is -0.138. The molecule has 1 saturated carbocycles. The van der Waals surface area contributed by atoms with E-state index >= 15 is 0 Å². The fourth-order valence-electron chi connectivity index (χ4n) is 5.11. The summed E-state index contributed by atoms with van der Waals surface area (Å²) in [7, 11) is 0. The normalized spacial score (nSPS) is 18.0. The first-order valence-electron chi connectivity index (χ1n) is 14.1. The van der Waals surface area contributed by atoms with Crippen LogP contribution < -0.4 is 10.1 Å². The number of rotatable bonds is 10. The second-order valence-corrected chi connectivity index (χ2v) is 10.3. The van der Waals surface area contributed by atoms with Crippen LogP contribution in [0.2, 0.25) is 0 Å². The highest BCUT2D eigenvalue weighted by Crippen LogP contribution is 2.25. The van der Waals surface area contributed by atoms with Crippen LogP contribution in [0.1, 0.15) is 62.9 Å². The molecule has 12 heteroatoms. The van der Waals surface area contributed by atoms with E-state index in [1.54, 1.807) is 18.7 Å². The zero-order valence-corrected chi connectivity index (χ0v) is 23.5. The summed E-state index contributed by atoms with van der Waals surface area (Å²) in [6.07, 6.45) is 3.07. The van der Waals surface area contributed by atoms with E-state index in [9.17, 15) is 24.3 Å². The van der Waals surface area contributed by atoms with E-state index in [2.05, 4.69) is 15.3 Å². The first-order valence-corrected chi connectivity index (χ1v) is 14.1. The van der Waals surface area contributed by atoms with E-state index in [0.29, 0.717) is 11.4 Å². The van der Waals surface area contributed by atoms with Gasteiger partial charge in [0.05, 0.1) is 6.61 Å². The quantitative estimate of drug-likeness (QED) is 0.441. The average molecular weight is 568 g/mol. The number of carboxylic acid groups (broad SMARTS) is 1. The lowest BCUT2D eigenvalue weighted by Gasteiger charge is -2.40. The molecule has 0 radical (unpaired) electrons. The highest BCUT2D eigenvalue weighted by molar-refractivity contribution is 5.96. The Kier molecular flexibility index (Phi) is 10.1. The molecule has 2 atom stereocenters. The minimum absolute atomic E-state index is 0.00425. The van der Waals surface area contributed by atoms with E-state index in [4.69, 9.17) is 9.47 Å². The van der Waals surface area contributed by atoms with Gasteiger partial charge in [-0.25, -0.2) is 9.78 Å². The number of nitrogens with zero attached hydrogens (tertiary/aromatic N) is 4. The van der Waals surface area contributed by atoms with Gasteiger partial charge < -0.3 is 29.7 Å². The number of piperazine rings is 1. The average Bonchev–Trinajstić information content (AvgIpc) is 3.48. The van der Waals surface area contributed by atoms with Gasteiger partial charge in [0.25, 0.3) is 5.91 Å². The summed E-state index contributed by atoms with van der Waals surface area (Å²) >= 11 is 0. The van der Waals surface area contributed by atoms with E-state index in [1.165, 1.54) is 11.0 Å². The maximum atomic E-state index is 13.5. The third kappa shape index (κ3) is 7.92. The molecule has 2 fully saturated rings. The number of aliphatic carboxylic acids is 1. The molecule has 41 heavy (non-hydrogen) atoms. The van der Waals surface area contributed by atoms with Gasteiger partial charge in [-0.1, -0.05) is 30.3 Å². The number of nitrogens with one attached hydrogen (secondary N) is 1. The van der Waals surface area contributed by atoms with E-state index in [-0.39, 0.29) is 62.8 Å². The Morgan fingerprint density at radius 2 is 1.83 bits per heavy atom. The number of carboxylic acids is 1. The summed E-state index contributed by atoms with van der Waals surface area (Å²) in [6, 6.07) is 9.24. The number of carbonyl (C=O) groups excluding carboxylic acids is 3. The molecule has 1 saturated heterocycles. The van der Waals surface area contributed by atoms with Gasteiger partial charge in [0.1, 0.15) is 17.8 Å². The molecule has 12 nitrogen and oxygen atoms in total. The number of aromatic nitrogens is 2. The fourth-order valence-corrected chi connectivity index (χ4v) is 5.11. The molecule has 4 rings (SSSR count). The van der Waals surface area contributed by atoms with Crippen molar-refractivity contribution in [3.63, 3.8) is 0 Å². The van der Waals surface area contributed by atoms with Crippen molar-refractivity contribution < 1.29 is 33.8 Å². The SMILES string of the molecule is CCOC(=O)N1CCN(C(=O)[C@H](CCC(=O)O)NC(=O)c2cc(OC3CCCC3)nc(-c3ccccc3)n2)CC1C. The predicted octanol–water partition coefficient (Wildman–Crippen LogP) is 3.12. The number of ether oxygens (including phenoxy) is 2. The number of amides is 3. The molecular formula is C29H37N5O7. The summed E-state index contributed by atoms with van der Waals surface area (Å²) in [4.78, 5) is 62.7. The van der Waals surface area contributed by atoms with Crippen molar-refractivity contribution in [3.8, 4) is 17.3 Å². The minimum Gasteiger partial charge on any atom is -0.481 e. The Bertz CT molecular complexity index is 1240. The highest BCUT2D eigenvalue weighted by Gasteiger charge is 2.34. The van der Waals surface area contributed by atoms with Crippen molar-refractivity contribution in [1.82, 2.24) is 25.1 Å². The Hall–Kier alpha value is -4.22. The smallest absolute Gasteiger partial charge is 0.410 e. The molecule has 2 heterocycles. The molecule has 1 aliphatic heterocycles. The van der Waals surface area contributed by atoms with Crippen molar-refractivity contribution in [2.24, 2.45) is 0 Å². The maximum Gasteiger partial charge on any atom is 0.410 e. The molecule has 1 aromatic carbocycles. The molecule has 3 amide bonds. The molecule has 2 aliphatic rings. The monoisotopic (exact) mass is 567 g/mol. The number of benzene rings is 1. The van der Waals surface area contributed by atoms with Gasteiger partial charge in [-0.3, -0.25) is 14.4 Å². The Balaban J connectivity index is 1.54. The van der Waals surface area contributed by atoms with Gasteiger partial charge in [-0.05, 0) is 46.0 Å². The molecular weight excluding hydrogens is 530 g/mol. The second-order valence-electron chi connectivity index (χ2n) is 10.3. The van der Waals surface area contributed by atoms with Crippen LogP contribution >= 0.6 is 0 Å². The number of carbonyl (C=O) groups is 4. The van der Waals surface area contributed by atoms with E-state index in [0.717, 1.165) is 25.7 Å². The molecule has 2 N–H and O–H groups in total. The lowest BCUT2D eigenvalue weighted by atomic mass is 10.1. The summed E-state index contributed by atoms with van der Waals surface area (Å²) < 4.78 is 11.2. The minimum atomic E-state index is -1.10. The molecule has 0 bridgehead atoms. The number of hydrogen-bond acceptors (Lipinski definition) is 8. The molecule has 0 spiro atoms. The molecule has 1 unspecified atom stereocenters. The van der Waals surface area contributed by atoms with Crippen LogP contribution in [0.15, 0.2) is 36.4 Å². The fraction of sp³-hybridized carbons (Fsp3) is 0.517. The molecule has 1 aromatic heterocycles. The van der Waals surface area contributed by atoms with Crippen LogP contribution in [0.3, 0.4) is 0 Å². The van der Waals surface area contributed by atoms with Gasteiger partial charge in [-0.15, -0.1) is 0 Å². The summed E-state index contributed by atoms with van der Waals surface area (Å²) in [5, 5.41) is 12.0. The van der Waals surface area contributed by atoms with Crippen LogP contribution in [0.25, 0.3) is 11.4 Å². The summed E-state index contributed by atoms with van der Waals surface area (Å²) in [6.45, 7) is 4.49. The van der Waals surface area contributed by atoms with Crippen molar-refractivity contribution >= 4 is 23.9 Å². The van der Waals surface area contributed by atoms with Crippen molar-refractivity contribution in [2.45, 2.75) is 70.6 Å². The molecule has 1 aliphatic carbocycles. The maximum absolute atomic E-state index is 13.5. The zero-order valence-electron chi connectivity index (χ0n) is 23.5. The van der Waals surface area contributed by atoms with Crippen LogP contribution in [-0.4, -0.2) is 93.2 Å². The van der Waals surface area contributed by atoms with E-state index in [1.807, 2.05) is 30.3 Å². The molecule has 2 aromatic rings. The van der Waals surface area contributed by atoms with Gasteiger partial charge in [0.15, 0.2) is 5.82 Å². The third-order valence-corrected chi connectivity index (χ3v) is 7.25. The predicted molar refractivity (Wildman–Crippen MR) is 148 cm³/mol. The van der Waals surface area contributed by atoms with Crippen molar-refractivity contribution in [3.05, 3.63) is 42.1 Å². The van der Waals surface area contributed by atoms with E-state index < -0.39 is 29.9 Å². The van der Waals surface area contributed by atoms with Crippen LogP contribution in [0.5, 0.6) is 5.88 Å². The Morgan fingerprint density at radius 1 is 1.10 bits per heavy atom. The second kappa shape index (κ2) is 13.9. The van der Waals surface area contributed by atoms with Crippen LogP contribution in [0, 0.1) is 0 Å². The number of hydrogen-bond donors (Lipinski definition) is 2. The summed E-state index contributed by atoms with van der Waals surface area (Å²) in [5.41, 5.74) is 0.714. The first kappa shape index (κ1) is 29.8. The Morgan fingerprint density at radius 3 is 2.49 bits per heavy atom. The van der Waals surface area contributed by atoms with Crippen molar-refractivity contribution in [2.75, 3.05) is 26.2 Å². The first-order chi connectivity index (χ1) is 19.7. The molecule has 220 valence electrons. The zero-order chi connectivity index (χ0) is 29.4. The van der Waals surface area contributed by atoms with Gasteiger partial charge in [0, 0.05) is 43.7 Å². The standard InChI is InChI=1S/C29H37N5O7/c1-3-40-29(39)34-16-15-33(18-19(34)2)28(38)22(13-14-25(35)36)31-27(37)23-17-24(41-21-11-7-8-12-21)32-26(30-23)20-9-5-4-6-10-20/h4-6,9-10,17,19,21-22H,3,7-8,11-16,18H2,1-2H3,(H,31,37)(H,35,36)/t19?,22-/m0/s1. The van der Waals surface area contributed by atoms with Gasteiger partial charge >= 0.3 is 12.1 Å². The largest absolute Gasteiger partial charge is 0.481 e. The lowest BCUT2D eigenvalue weighted by Crippen LogP contribution is -2.59. The highest BCUT2D eigenvalue weighted by atomic mass is 16.6.